The monoisotopic (exact) mass is 381 g/mol. The highest BCUT2D eigenvalue weighted by Gasteiger charge is 2.21. The van der Waals surface area contributed by atoms with Crippen molar-refractivity contribution in [3.8, 4) is 11.5 Å². The van der Waals surface area contributed by atoms with Crippen molar-refractivity contribution in [2.45, 2.75) is 26.4 Å². The second-order valence-corrected chi connectivity index (χ2v) is 6.79. The van der Waals surface area contributed by atoms with Gasteiger partial charge in [0, 0.05) is 17.5 Å². The van der Waals surface area contributed by atoms with E-state index in [0.717, 1.165) is 23.3 Å². The molecule has 0 saturated heterocycles. The molecule has 7 heteroatoms. The van der Waals surface area contributed by atoms with Crippen molar-refractivity contribution in [2.24, 2.45) is 5.10 Å². The Balaban J connectivity index is 1.80. The van der Waals surface area contributed by atoms with E-state index in [0.29, 0.717) is 23.3 Å². The van der Waals surface area contributed by atoms with Gasteiger partial charge in [-0.25, -0.2) is 0 Å². The first-order chi connectivity index (χ1) is 13.1. The van der Waals surface area contributed by atoms with Gasteiger partial charge in [-0.15, -0.1) is 0 Å². The molecule has 0 spiro atoms. The van der Waals surface area contributed by atoms with Crippen molar-refractivity contribution in [3.05, 3.63) is 62.6 Å². The summed E-state index contributed by atoms with van der Waals surface area (Å²) >= 11 is 5.30. The van der Waals surface area contributed by atoms with E-state index in [1.54, 1.807) is 18.3 Å². The van der Waals surface area contributed by atoms with Crippen molar-refractivity contribution < 1.29 is 9.47 Å². The molecule has 2 heterocycles. The Hall–Kier alpha value is -2.93. The van der Waals surface area contributed by atoms with E-state index in [9.17, 15) is 4.79 Å². The minimum Gasteiger partial charge on any atom is -0.493 e. The van der Waals surface area contributed by atoms with Gasteiger partial charge in [0.2, 0.25) is 4.77 Å². The van der Waals surface area contributed by atoms with Crippen molar-refractivity contribution >= 4 is 29.3 Å². The maximum Gasteiger partial charge on any atom is 0.282 e. The molecule has 0 unspecified atom stereocenters. The summed E-state index contributed by atoms with van der Waals surface area (Å²) in [7, 11) is 0. The summed E-state index contributed by atoms with van der Waals surface area (Å²) < 4.78 is 13.0. The highest BCUT2D eigenvalue weighted by atomic mass is 32.1. The molecule has 27 heavy (non-hydrogen) atoms. The van der Waals surface area contributed by atoms with E-state index in [1.165, 1.54) is 4.68 Å². The molecule has 0 saturated carbocycles. The van der Waals surface area contributed by atoms with Crippen LogP contribution in [0, 0.1) is 4.77 Å². The van der Waals surface area contributed by atoms with Crippen LogP contribution in [0.1, 0.15) is 25.0 Å². The minimum atomic E-state index is -0.269. The summed E-state index contributed by atoms with van der Waals surface area (Å²) in [5.74, 6) is 1.53. The van der Waals surface area contributed by atoms with Gasteiger partial charge in [0.15, 0.2) is 0 Å². The van der Waals surface area contributed by atoms with E-state index in [1.807, 2.05) is 38.1 Å². The first-order valence-electron chi connectivity index (χ1n) is 8.81. The topological polar surface area (TPSA) is 68.6 Å². The first-order valence-corrected chi connectivity index (χ1v) is 9.22. The highest BCUT2D eigenvalue weighted by molar-refractivity contribution is 7.71. The van der Waals surface area contributed by atoms with Crippen molar-refractivity contribution in [1.29, 1.82) is 0 Å². The number of rotatable bonds is 4. The van der Waals surface area contributed by atoms with Crippen LogP contribution in [0.25, 0.3) is 10.9 Å². The molecule has 138 valence electrons. The summed E-state index contributed by atoms with van der Waals surface area (Å²) in [5, 5.41) is 4.85. The summed E-state index contributed by atoms with van der Waals surface area (Å²) in [6.45, 7) is 4.49. The molecule has 1 N–H and O–H groups in total. The molecule has 1 aliphatic rings. The summed E-state index contributed by atoms with van der Waals surface area (Å²) in [6.07, 6.45) is 2.57. The van der Waals surface area contributed by atoms with Crippen LogP contribution >= 0.6 is 12.2 Å². The lowest BCUT2D eigenvalue weighted by Crippen LogP contribution is -2.18. The second-order valence-electron chi connectivity index (χ2n) is 6.40. The number of aromatic nitrogens is 2. The van der Waals surface area contributed by atoms with Crippen LogP contribution in [-0.2, 0) is 6.42 Å². The fraction of sp³-hybridized carbons (Fsp3) is 0.250. The number of ether oxygens (including phenoxy) is 2. The van der Waals surface area contributed by atoms with Crippen LogP contribution in [-0.4, -0.2) is 28.6 Å². The normalized spacial score (nSPS) is 15.9. The zero-order valence-electron chi connectivity index (χ0n) is 15.1. The van der Waals surface area contributed by atoms with Gasteiger partial charge >= 0.3 is 0 Å². The fourth-order valence-electron chi connectivity index (χ4n) is 3.21. The van der Waals surface area contributed by atoms with Gasteiger partial charge in [0.25, 0.3) is 5.56 Å². The molecule has 1 atom stereocenters. The van der Waals surface area contributed by atoms with Crippen LogP contribution in [0.5, 0.6) is 11.5 Å². The average Bonchev–Trinajstić information content (AvgIpc) is 3.00. The van der Waals surface area contributed by atoms with Gasteiger partial charge in [-0.1, -0.05) is 12.1 Å². The number of aromatic amines is 1. The van der Waals surface area contributed by atoms with E-state index in [2.05, 4.69) is 10.1 Å². The number of para-hydroxylation sites is 1. The Morgan fingerprint density at radius 3 is 3.04 bits per heavy atom. The standard InChI is InChI=1S/C20H19N3O3S/c1-3-25-17-9-13-8-12(2)26-18(13)10-14(17)11-21-23-19(24)15-6-4-5-7-16(15)22-20(23)27/h4-7,9-12H,3,8H2,1-2H3,(H,22,27)/b21-11-/t12-/m1/s1. The third-order valence-electron chi connectivity index (χ3n) is 4.42. The number of nitrogens with one attached hydrogen (secondary N) is 1. The quantitative estimate of drug-likeness (QED) is 0.553. The Bertz CT molecular complexity index is 1160. The molecule has 3 aromatic rings. The number of hydrogen-bond acceptors (Lipinski definition) is 5. The molecule has 0 amide bonds. The zero-order chi connectivity index (χ0) is 19.0. The molecule has 0 aliphatic carbocycles. The number of nitrogens with zero attached hydrogens (tertiary/aromatic N) is 2. The third-order valence-corrected chi connectivity index (χ3v) is 4.70. The molecule has 0 radical (unpaired) electrons. The third kappa shape index (κ3) is 3.26. The lowest BCUT2D eigenvalue weighted by atomic mass is 10.1. The minimum absolute atomic E-state index is 0.138. The lowest BCUT2D eigenvalue weighted by molar-refractivity contribution is 0.254. The molecule has 6 nitrogen and oxygen atoms in total. The van der Waals surface area contributed by atoms with Crippen LogP contribution in [0.2, 0.25) is 0 Å². The Kier molecular flexibility index (Phi) is 4.53. The first kappa shape index (κ1) is 17.5. The van der Waals surface area contributed by atoms with Crippen LogP contribution in [0.15, 0.2) is 46.3 Å². The van der Waals surface area contributed by atoms with E-state index >= 15 is 0 Å². The number of H-pyrrole nitrogens is 1. The van der Waals surface area contributed by atoms with E-state index in [-0.39, 0.29) is 16.4 Å². The molecular formula is C20H19N3O3S. The van der Waals surface area contributed by atoms with Crippen LogP contribution in [0.3, 0.4) is 0 Å². The van der Waals surface area contributed by atoms with Crippen molar-refractivity contribution in [1.82, 2.24) is 9.66 Å². The van der Waals surface area contributed by atoms with Crippen molar-refractivity contribution in [3.63, 3.8) is 0 Å². The smallest absolute Gasteiger partial charge is 0.282 e. The molecule has 0 fully saturated rings. The fourth-order valence-corrected chi connectivity index (χ4v) is 3.45. The van der Waals surface area contributed by atoms with Gasteiger partial charge in [-0.2, -0.15) is 9.78 Å². The van der Waals surface area contributed by atoms with E-state index < -0.39 is 0 Å². The van der Waals surface area contributed by atoms with Crippen LogP contribution < -0.4 is 15.0 Å². The molecule has 1 aliphatic heterocycles. The number of hydrogen-bond donors (Lipinski definition) is 1. The van der Waals surface area contributed by atoms with Gasteiger partial charge in [0.05, 0.1) is 23.7 Å². The molecule has 0 bridgehead atoms. The molecule has 1 aromatic heterocycles. The van der Waals surface area contributed by atoms with E-state index in [4.69, 9.17) is 21.7 Å². The summed E-state index contributed by atoms with van der Waals surface area (Å²) in [6, 6.07) is 11.1. The van der Waals surface area contributed by atoms with Gasteiger partial charge in [-0.05, 0) is 50.3 Å². The molecule has 2 aromatic carbocycles. The average molecular weight is 381 g/mol. The van der Waals surface area contributed by atoms with Gasteiger partial charge in [-0.3, -0.25) is 4.79 Å². The summed E-state index contributed by atoms with van der Waals surface area (Å²) in [5.41, 5.74) is 2.27. The highest BCUT2D eigenvalue weighted by Crippen LogP contribution is 2.34. The maximum absolute atomic E-state index is 12.7. The Morgan fingerprint density at radius 2 is 2.22 bits per heavy atom. The number of benzene rings is 2. The van der Waals surface area contributed by atoms with Crippen molar-refractivity contribution in [2.75, 3.05) is 6.61 Å². The zero-order valence-corrected chi connectivity index (χ0v) is 15.9. The maximum atomic E-state index is 12.7. The van der Waals surface area contributed by atoms with Crippen LogP contribution in [0.4, 0.5) is 0 Å². The lowest BCUT2D eigenvalue weighted by Gasteiger charge is -2.10. The number of fused-ring (bicyclic) bond motifs is 2. The molecule has 4 rings (SSSR count). The SMILES string of the molecule is CCOc1cc2c(cc1/C=N\n1c(=S)[nH]c3ccccc3c1=O)O[C@H](C)C2. The Morgan fingerprint density at radius 1 is 1.41 bits per heavy atom. The summed E-state index contributed by atoms with van der Waals surface area (Å²) in [4.78, 5) is 15.7. The van der Waals surface area contributed by atoms with Gasteiger partial charge < -0.3 is 14.5 Å². The molecular weight excluding hydrogens is 362 g/mol. The Labute approximate surface area is 161 Å². The predicted molar refractivity (Wildman–Crippen MR) is 108 cm³/mol. The predicted octanol–water partition coefficient (Wildman–Crippen LogP) is 3.66. The second kappa shape index (κ2) is 7.00. The largest absolute Gasteiger partial charge is 0.493 e. The van der Waals surface area contributed by atoms with Gasteiger partial charge in [0.1, 0.15) is 17.6 Å².